The van der Waals surface area contributed by atoms with Crippen LogP contribution in [-0.4, -0.2) is 47.4 Å². The third-order valence-corrected chi connectivity index (χ3v) is 15.1. The zero-order chi connectivity index (χ0) is 53.6. The maximum Gasteiger partial charge on any atom is 0.305 e. The molecule has 0 saturated heterocycles. The van der Waals surface area contributed by atoms with Crippen molar-refractivity contribution in [2.45, 2.75) is 360 Å². The molecule has 2 unspecified atom stereocenters. The van der Waals surface area contributed by atoms with E-state index >= 15 is 0 Å². The Hall–Kier alpha value is -2.18. The van der Waals surface area contributed by atoms with Crippen molar-refractivity contribution in [3.8, 4) is 0 Å². The fraction of sp³-hybridized carbons (Fsp3) is 0.853. The van der Waals surface area contributed by atoms with Gasteiger partial charge in [0.15, 0.2) is 0 Å². The van der Waals surface area contributed by atoms with Gasteiger partial charge in [0.25, 0.3) is 0 Å². The van der Waals surface area contributed by atoms with Crippen molar-refractivity contribution in [1.29, 1.82) is 0 Å². The second-order valence-electron chi connectivity index (χ2n) is 22.4. The zero-order valence-electron chi connectivity index (χ0n) is 49.6. The van der Waals surface area contributed by atoms with Crippen LogP contribution in [0.2, 0.25) is 0 Å². The maximum atomic E-state index is 12.5. The van der Waals surface area contributed by atoms with Gasteiger partial charge in [0.1, 0.15) is 0 Å². The Kier molecular flexibility index (Phi) is 61.5. The van der Waals surface area contributed by atoms with Gasteiger partial charge in [0.2, 0.25) is 5.91 Å². The summed E-state index contributed by atoms with van der Waals surface area (Å²) in [5.74, 6) is -0.0767. The molecular weight excluding hydrogens is 911 g/mol. The summed E-state index contributed by atoms with van der Waals surface area (Å²) < 4.78 is 5.43. The van der Waals surface area contributed by atoms with Gasteiger partial charge in [0.05, 0.1) is 25.4 Å². The molecule has 6 heteroatoms. The fourth-order valence-corrected chi connectivity index (χ4v) is 10.1. The van der Waals surface area contributed by atoms with Crippen LogP contribution >= 0.6 is 0 Å². The summed E-state index contributed by atoms with van der Waals surface area (Å²) in [5, 5.41) is 23.3. The summed E-state index contributed by atoms with van der Waals surface area (Å²) in [5.41, 5.74) is 0. The number of aliphatic hydroxyl groups excluding tert-OH is 2. The summed E-state index contributed by atoms with van der Waals surface area (Å²) in [6.07, 6.45) is 81.4. The molecule has 0 spiro atoms. The average Bonchev–Trinajstić information content (AvgIpc) is 3.40. The second-order valence-corrected chi connectivity index (χ2v) is 22.4. The van der Waals surface area contributed by atoms with Gasteiger partial charge in [-0.1, -0.05) is 306 Å². The van der Waals surface area contributed by atoms with Crippen LogP contribution in [0.3, 0.4) is 0 Å². The van der Waals surface area contributed by atoms with Crippen LogP contribution in [0.1, 0.15) is 348 Å². The summed E-state index contributed by atoms with van der Waals surface area (Å²) >= 11 is 0. The minimum absolute atomic E-state index is 0.0379. The van der Waals surface area contributed by atoms with Crippen molar-refractivity contribution < 1.29 is 24.5 Å². The number of carbonyl (C=O) groups is 2. The van der Waals surface area contributed by atoms with Crippen LogP contribution in [0.25, 0.3) is 0 Å². The van der Waals surface area contributed by atoms with Crippen LogP contribution in [0.5, 0.6) is 0 Å². The van der Waals surface area contributed by atoms with Crippen molar-refractivity contribution in [3.05, 3.63) is 48.6 Å². The first-order chi connectivity index (χ1) is 36.5. The van der Waals surface area contributed by atoms with Crippen LogP contribution in [0.15, 0.2) is 48.6 Å². The third-order valence-electron chi connectivity index (χ3n) is 15.1. The lowest BCUT2D eigenvalue weighted by Gasteiger charge is -2.22. The van der Waals surface area contributed by atoms with Gasteiger partial charge < -0.3 is 20.3 Å². The van der Waals surface area contributed by atoms with E-state index in [-0.39, 0.29) is 18.5 Å². The highest BCUT2D eigenvalue weighted by Crippen LogP contribution is 2.18. The molecule has 434 valence electrons. The number of hydrogen-bond acceptors (Lipinski definition) is 5. The number of unbranched alkanes of at least 4 members (excludes halogenated alkanes) is 42. The van der Waals surface area contributed by atoms with E-state index in [9.17, 15) is 19.8 Å². The molecule has 0 bridgehead atoms. The SMILES string of the molecule is CCCCC/C=C\C/C=C\CCCCCCCCCCCC(=O)OCC/C=C\C/C=C\CCCCCCCCCCCCCCCCC(=O)NC(CO)C(O)CCCCCCCCCCCCCCCCCCC. The summed E-state index contributed by atoms with van der Waals surface area (Å²) in [7, 11) is 0. The fourth-order valence-electron chi connectivity index (χ4n) is 10.1. The predicted molar refractivity (Wildman–Crippen MR) is 324 cm³/mol. The standard InChI is InChI=1S/C68H127NO5/c1-3-5-7-9-11-13-15-17-19-21-25-30-34-38-42-46-50-54-58-62-68(73)74-63-59-55-51-47-43-39-35-31-27-24-22-23-26-29-33-37-41-45-49-53-57-61-67(72)69-65(64-70)66(71)60-56-52-48-44-40-36-32-28-20-18-16-14-12-10-8-6-4-2/h11,13,17,19,39,43,51,55,65-66,70-71H,3-10,12,14-16,18,20-38,40-42,44-50,52-54,56-64H2,1-2H3,(H,69,72)/b13-11-,19-17-,43-39-,55-51-. The predicted octanol–water partition coefficient (Wildman–Crippen LogP) is 20.9. The Morgan fingerprint density at radius 2 is 0.676 bits per heavy atom. The van der Waals surface area contributed by atoms with Gasteiger partial charge in [-0.25, -0.2) is 0 Å². The number of esters is 1. The number of allylic oxidation sites excluding steroid dienone is 7. The Balaban J connectivity index is 3.45. The number of carbonyl (C=O) groups excluding carboxylic acids is 2. The minimum Gasteiger partial charge on any atom is -0.465 e. The lowest BCUT2D eigenvalue weighted by Crippen LogP contribution is -2.45. The monoisotopic (exact) mass is 1040 g/mol. The van der Waals surface area contributed by atoms with Gasteiger partial charge in [-0.2, -0.15) is 0 Å². The second kappa shape index (κ2) is 63.4. The van der Waals surface area contributed by atoms with Crippen LogP contribution in [-0.2, 0) is 14.3 Å². The molecule has 0 aromatic heterocycles. The molecule has 0 aliphatic rings. The van der Waals surface area contributed by atoms with Crippen LogP contribution in [0.4, 0.5) is 0 Å². The normalized spacial score (nSPS) is 12.9. The van der Waals surface area contributed by atoms with Gasteiger partial charge in [0, 0.05) is 12.8 Å². The zero-order valence-corrected chi connectivity index (χ0v) is 49.6. The average molecular weight is 1040 g/mol. The molecule has 0 radical (unpaired) electrons. The van der Waals surface area contributed by atoms with E-state index in [4.69, 9.17) is 4.74 Å². The van der Waals surface area contributed by atoms with Gasteiger partial charge in [-0.3, -0.25) is 9.59 Å². The Labute approximate surface area is 461 Å². The quantitative estimate of drug-likeness (QED) is 0.0320. The molecule has 0 aromatic carbocycles. The smallest absolute Gasteiger partial charge is 0.305 e. The highest BCUT2D eigenvalue weighted by Gasteiger charge is 2.20. The number of amides is 1. The molecule has 0 aromatic rings. The molecule has 6 nitrogen and oxygen atoms in total. The molecule has 1 amide bonds. The molecule has 2 atom stereocenters. The molecule has 0 aliphatic heterocycles. The van der Waals surface area contributed by atoms with Crippen molar-refractivity contribution >= 4 is 11.9 Å². The van der Waals surface area contributed by atoms with Crippen molar-refractivity contribution in [2.75, 3.05) is 13.2 Å². The molecule has 0 aliphatic carbocycles. The van der Waals surface area contributed by atoms with Gasteiger partial charge in [-0.15, -0.1) is 0 Å². The van der Waals surface area contributed by atoms with Crippen LogP contribution < -0.4 is 5.32 Å². The molecule has 0 fully saturated rings. The first kappa shape index (κ1) is 71.8. The molecule has 0 heterocycles. The maximum absolute atomic E-state index is 12.5. The number of aliphatic hydroxyl groups is 2. The first-order valence-electron chi connectivity index (χ1n) is 32.9. The molecule has 0 saturated carbocycles. The highest BCUT2D eigenvalue weighted by molar-refractivity contribution is 5.76. The van der Waals surface area contributed by atoms with E-state index in [2.05, 4.69) is 67.8 Å². The van der Waals surface area contributed by atoms with E-state index in [0.29, 0.717) is 25.9 Å². The first-order valence-corrected chi connectivity index (χ1v) is 32.9. The summed E-state index contributed by atoms with van der Waals surface area (Å²) in [6.45, 7) is 4.84. The van der Waals surface area contributed by atoms with E-state index in [0.717, 1.165) is 57.8 Å². The van der Waals surface area contributed by atoms with Crippen LogP contribution in [0, 0.1) is 0 Å². The molecule has 3 N–H and O–H groups in total. The summed E-state index contributed by atoms with van der Waals surface area (Å²) in [4.78, 5) is 24.6. The highest BCUT2D eigenvalue weighted by atomic mass is 16.5. The van der Waals surface area contributed by atoms with Gasteiger partial charge >= 0.3 is 5.97 Å². The van der Waals surface area contributed by atoms with Gasteiger partial charge in [-0.05, 0) is 77.0 Å². The number of nitrogens with one attached hydrogen (secondary N) is 1. The number of hydrogen-bond donors (Lipinski definition) is 3. The van der Waals surface area contributed by atoms with Crippen molar-refractivity contribution in [2.24, 2.45) is 0 Å². The van der Waals surface area contributed by atoms with Crippen molar-refractivity contribution in [1.82, 2.24) is 5.32 Å². The molecule has 74 heavy (non-hydrogen) atoms. The topological polar surface area (TPSA) is 95.9 Å². The number of ether oxygens (including phenoxy) is 1. The minimum atomic E-state index is -0.669. The Morgan fingerprint density at radius 1 is 0.378 bits per heavy atom. The Bertz CT molecular complexity index is 1240. The van der Waals surface area contributed by atoms with E-state index in [1.807, 2.05) is 0 Å². The van der Waals surface area contributed by atoms with Crippen molar-refractivity contribution in [3.63, 3.8) is 0 Å². The molecular formula is C68H127NO5. The largest absolute Gasteiger partial charge is 0.465 e. The summed E-state index contributed by atoms with van der Waals surface area (Å²) in [6, 6.07) is -0.547. The lowest BCUT2D eigenvalue weighted by molar-refractivity contribution is -0.143. The van der Waals surface area contributed by atoms with E-state index in [1.165, 1.54) is 257 Å². The Morgan fingerprint density at radius 3 is 1.05 bits per heavy atom. The molecule has 0 rings (SSSR count). The van der Waals surface area contributed by atoms with E-state index < -0.39 is 12.1 Å². The number of rotatable bonds is 61. The van der Waals surface area contributed by atoms with E-state index in [1.54, 1.807) is 0 Å². The third kappa shape index (κ3) is 59.1. The lowest BCUT2D eigenvalue weighted by atomic mass is 10.0.